The lowest BCUT2D eigenvalue weighted by molar-refractivity contribution is 0.278. The van der Waals surface area contributed by atoms with Crippen LogP contribution in [0, 0.1) is 0 Å². The first kappa shape index (κ1) is 24.8. The number of nitrogens with zero attached hydrogens (tertiary/aromatic N) is 2. The van der Waals surface area contributed by atoms with Gasteiger partial charge in [-0.1, -0.05) is 38.1 Å². The van der Waals surface area contributed by atoms with Gasteiger partial charge in [0.05, 0.1) is 13.1 Å². The second-order valence-corrected chi connectivity index (χ2v) is 7.71. The van der Waals surface area contributed by atoms with Gasteiger partial charge in [0.2, 0.25) is 0 Å². The number of hydrogen-bond acceptors (Lipinski definition) is 6. The van der Waals surface area contributed by atoms with Crippen molar-refractivity contribution in [2.24, 2.45) is 9.98 Å². The van der Waals surface area contributed by atoms with Crippen LogP contribution in [0.15, 0.2) is 70.6 Å². The normalized spacial score (nSPS) is 11.4. The zero-order chi connectivity index (χ0) is 24.2. The quantitative estimate of drug-likeness (QED) is 0.287. The molecule has 0 saturated carbocycles. The summed E-state index contributed by atoms with van der Waals surface area (Å²) in [6.07, 6.45) is 5.15. The van der Waals surface area contributed by atoms with E-state index < -0.39 is 0 Å². The molecule has 0 amide bonds. The average molecular weight is 461 g/mol. The van der Waals surface area contributed by atoms with E-state index in [0.29, 0.717) is 48.9 Å². The van der Waals surface area contributed by atoms with Gasteiger partial charge < -0.3 is 19.7 Å². The number of aryl methyl sites for hydroxylation is 2. The predicted octanol–water partition coefficient (Wildman–Crippen LogP) is 5.22. The number of benzene rings is 3. The lowest BCUT2D eigenvalue weighted by atomic mass is 10.1. The molecule has 6 heteroatoms. The molecule has 3 aromatic carbocycles. The van der Waals surface area contributed by atoms with E-state index in [1.807, 2.05) is 48.5 Å². The highest BCUT2D eigenvalue weighted by Crippen LogP contribution is 2.26. The van der Waals surface area contributed by atoms with Crippen molar-refractivity contribution < 1.29 is 19.7 Å². The van der Waals surface area contributed by atoms with Gasteiger partial charge in [0.25, 0.3) is 0 Å². The Labute approximate surface area is 201 Å². The van der Waals surface area contributed by atoms with Crippen LogP contribution in [-0.2, 0) is 12.8 Å². The molecular formula is C28H32N2O4. The molecule has 2 N–H and O–H groups in total. The fourth-order valence-corrected chi connectivity index (χ4v) is 3.29. The molecule has 0 bridgehead atoms. The Hall–Kier alpha value is -3.80. The third-order valence-electron chi connectivity index (χ3n) is 5.27. The van der Waals surface area contributed by atoms with Crippen molar-refractivity contribution in [2.45, 2.75) is 26.7 Å². The van der Waals surface area contributed by atoms with E-state index in [2.05, 4.69) is 23.8 Å². The Morgan fingerprint density at radius 1 is 0.676 bits per heavy atom. The zero-order valence-electron chi connectivity index (χ0n) is 19.8. The Morgan fingerprint density at radius 2 is 1.12 bits per heavy atom. The van der Waals surface area contributed by atoms with Crippen molar-refractivity contribution in [2.75, 3.05) is 26.3 Å². The number of ether oxygens (including phenoxy) is 2. The fourth-order valence-electron chi connectivity index (χ4n) is 3.29. The molecule has 0 spiro atoms. The van der Waals surface area contributed by atoms with Crippen LogP contribution >= 0.6 is 0 Å². The molecule has 0 aliphatic heterocycles. The maximum absolute atomic E-state index is 9.96. The third-order valence-corrected chi connectivity index (χ3v) is 5.27. The Balaban J connectivity index is 1.46. The molecule has 0 atom stereocenters. The predicted molar refractivity (Wildman–Crippen MR) is 137 cm³/mol. The van der Waals surface area contributed by atoms with E-state index >= 15 is 0 Å². The van der Waals surface area contributed by atoms with Gasteiger partial charge >= 0.3 is 0 Å². The number of hydrogen-bond donors (Lipinski definition) is 2. The molecule has 0 heterocycles. The van der Waals surface area contributed by atoms with Crippen LogP contribution in [0.1, 0.15) is 36.1 Å². The lowest BCUT2D eigenvalue weighted by Gasteiger charge is -2.11. The van der Waals surface area contributed by atoms with Crippen LogP contribution in [0.2, 0.25) is 0 Å². The zero-order valence-corrected chi connectivity index (χ0v) is 19.8. The first-order chi connectivity index (χ1) is 16.6. The molecule has 34 heavy (non-hydrogen) atoms. The van der Waals surface area contributed by atoms with E-state index in [4.69, 9.17) is 9.47 Å². The van der Waals surface area contributed by atoms with Crippen LogP contribution in [0.25, 0.3) is 0 Å². The van der Waals surface area contributed by atoms with E-state index in [9.17, 15) is 10.2 Å². The average Bonchev–Trinajstić information content (AvgIpc) is 2.86. The minimum absolute atomic E-state index is 0.219. The molecule has 0 saturated heterocycles. The van der Waals surface area contributed by atoms with Gasteiger partial charge in [0.15, 0.2) is 11.5 Å². The van der Waals surface area contributed by atoms with E-state index in [1.54, 1.807) is 24.6 Å². The van der Waals surface area contributed by atoms with Gasteiger partial charge in [-0.25, -0.2) is 0 Å². The second kappa shape index (κ2) is 13.0. The minimum Gasteiger partial charge on any atom is -0.507 e. The van der Waals surface area contributed by atoms with Gasteiger partial charge in [-0.2, -0.15) is 0 Å². The van der Waals surface area contributed by atoms with Gasteiger partial charge in [0, 0.05) is 23.6 Å². The van der Waals surface area contributed by atoms with Crippen molar-refractivity contribution >= 4 is 12.4 Å². The summed E-state index contributed by atoms with van der Waals surface area (Å²) >= 11 is 0. The summed E-state index contributed by atoms with van der Waals surface area (Å²) in [6, 6.07) is 18.6. The first-order valence-electron chi connectivity index (χ1n) is 11.6. The molecule has 0 aliphatic carbocycles. The van der Waals surface area contributed by atoms with Crippen LogP contribution < -0.4 is 9.47 Å². The number of phenols is 2. The summed E-state index contributed by atoms with van der Waals surface area (Å²) in [7, 11) is 0. The van der Waals surface area contributed by atoms with Crippen LogP contribution in [0.4, 0.5) is 0 Å². The van der Waals surface area contributed by atoms with Gasteiger partial charge in [0.1, 0.15) is 24.7 Å². The highest BCUT2D eigenvalue weighted by atomic mass is 16.5. The Morgan fingerprint density at radius 3 is 1.53 bits per heavy atom. The van der Waals surface area contributed by atoms with Crippen molar-refractivity contribution in [1.29, 1.82) is 0 Å². The van der Waals surface area contributed by atoms with E-state index in [-0.39, 0.29) is 11.5 Å². The third kappa shape index (κ3) is 7.37. The summed E-state index contributed by atoms with van der Waals surface area (Å²) in [6.45, 7) is 5.82. The van der Waals surface area contributed by atoms with E-state index in [1.165, 1.54) is 0 Å². The number of aromatic hydroxyl groups is 2. The molecule has 0 aromatic heterocycles. The molecular weight excluding hydrogens is 428 g/mol. The van der Waals surface area contributed by atoms with Gasteiger partial charge in [-0.05, 0) is 60.4 Å². The minimum atomic E-state index is 0.219. The highest BCUT2D eigenvalue weighted by molar-refractivity contribution is 5.84. The molecule has 0 fully saturated rings. The number of para-hydroxylation sites is 2. The van der Waals surface area contributed by atoms with E-state index in [0.717, 1.165) is 24.0 Å². The fraction of sp³-hybridized carbons (Fsp3) is 0.286. The van der Waals surface area contributed by atoms with Crippen molar-refractivity contribution in [1.82, 2.24) is 0 Å². The molecule has 3 aromatic rings. The van der Waals surface area contributed by atoms with Crippen molar-refractivity contribution in [3.63, 3.8) is 0 Å². The van der Waals surface area contributed by atoms with Crippen LogP contribution in [0.3, 0.4) is 0 Å². The lowest BCUT2D eigenvalue weighted by Crippen LogP contribution is -2.06. The number of phenolic OH excluding ortho intramolecular Hbond substituents is 2. The van der Waals surface area contributed by atoms with Crippen LogP contribution in [-0.4, -0.2) is 48.9 Å². The Kier molecular flexibility index (Phi) is 9.52. The smallest absolute Gasteiger partial charge is 0.161 e. The van der Waals surface area contributed by atoms with Crippen molar-refractivity contribution in [3.8, 4) is 23.0 Å². The largest absolute Gasteiger partial charge is 0.507 e. The number of rotatable bonds is 12. The molecule has 0 radical (unpaired) electrons. The summed E-state index contributed by atoms with van der Waals surface area (Å²) in [5, 5.41) is 19.9. The standard InChI is InChI=1S/C28H32N2O4/c1-3-21-9-11-25(31)23(17-21)19-29-13-15-33-27-7-5-6-8-28(27)34-16-14-30-20-24-18-22(4-2)10-12-26(24)32/h5-12,17-20,31-32H,3-4,13-16H2,1-2H3. The monoisotopic (exact) mass is 460 g/mol. The Bertz CT molecular complexity index is 1040. The molecule has 178 valence electrons. The van der Waals surface area contributed by atoms with Crippen molar-refractivity contribution in [3.05, 3.63) is 82.9 Å². The maximum Gasteiger partial charge on any atom is 0.161 e. The summed E-state index contributed by atoms with van der Waals surface area (Å²) < 4.78 is 11.7. The van der Waals surface area contributed by atoms with Gasteiger partial charge in [-0.15, -0.1) is 0 Å². The summed E-state index contributed by atoms with van der Waals surface area (Å²) in [5.41, 5.74) is 3.71. The summed E-state index contributed by atoms with van der Waals surface area (Å²) in [5.74, 6) is 1.73. The highest BCUT2D eigenvalue weighted by Gasteiger charge is 2.04. The van der Waals surface area contributed by atoms with Crippen LogP contribution in [0.5, 0.6) is 23.0 Å². The summed E-state index contributed by atoms with van der Waals surface area (Å²) in [4.78, 5) is 8.73. The SMILES string of the molecule is CCc1ccc(O)c(C=NCCOc2ccccc2OCCN=Cc2cc(CC)ccc2O)c1. The molecule has 0 unspecified atom stereocenters. The number of aliphatic imine (C=N–C) groups is 2. The maximum atomic E-state index is 9.96. The molecule has 3 rings (SSSR count). The molecule has 0 aliphatic rings. The molecule has 6 nitrogen and oxygen atoms in total. The topological polar surface area (TPSA) is 83.6 Å². The second-order valence-electron chi connectivity index (χ2n) is 7.71. The first-order valence-corrected chi connectivity index (χ1v) is 11.6. The van der Waals surface area contributed by atoms with Gasteiger partial charge in [-0.3, -0.25) is 9.98 Å².